The molecule has 2 unspecified atom stereocenters. The van der Waals surface area contributed by atoms with Crippen molar-refractivity contribution in [1.82, 2.24) is 10.2 Å². The van der Waals surface area contributed by atoms with Gasteiger partial charge in [-0.1, -0.05) is 0 Å². The number of nitrogens with zero attached hydrogens (tertiary/aromatic N) is 1. The SMILES string of the molecule is CNCC1CCCN(C(=O)CSCC2CCCCO2)C1. The molecule has 0 aromatic rings. The maximum absolute atomic E-state index is 12.2. The Labute approximate surface area is 127 Å². The van der Waals surface area contributed by atoms with Crippen LogP contribution in [0.1, 0.15) is 32.1 Å². The van der Waals surface area contributed by atoms with Crippen molar-refractivity contribution in [3.8, 4) is 0 Å². The molecule has 0 bridgehead atoms. The summed E-state index contributed by atoms with van der Waals surface area (Å²) in [7, 11) is 1.99. The second-order valence-electron chi connectivity index (χ2n) is 5.91. The Morgan fingerprint density at radius 1 is 1.35 bits per heavy atom. The van der Waals surface area contributed by atoms with Gasteiger partial charge in [-0.25, -0.2) is 0 Å². The largest absolute Gasteiger partial charge is 0.377 e. The predicted octanol–water partition coefficient (Wildman–Crippen LogP) is 1.75. The molecular formula is C15H28N2O2S. The summed E-state index contributed by atoms with van der Waals surface area (Å²) in [5, 5.41) is 3.22. The monoisotopic (exact) mass is 300 g/mol. The Balaban J connectivity index is 1.63. The number of likely N-dealkylation sites (tertiary alicyclic amines) is 1. The van der Waals surface area contributed by atoms with Crippen molar-refractivity contribution in [3.05, 3.63) is 0 Å². The molecule has 0 spiro atoms. The van der Waals surface area contributed by atoms with Crippen LogP contribution in [0.25, 0.3) is 0 Å². The molecule has 20 heavy (non-hydrogen) atoms. The van der Waals surface area contributed by atoms with Crippen LogP contribution in [0.2, 0.25) is 0 Å². The molecule has 2 aliphatic heterocycles. The third-order valence-electron chi connectivity index (χ3n) is 4.17. The van der Waals surface area contributed by atoms with Gasteiger partial charge >= 0.3 is 0 Å². The highest BCUT2D eigenvalue weighted by Crippen LogP contribution is 2.19. The van der Waals surface area contributed by atoms with E-state index in [9.17, 15) is 4.79 Å². The third-order valence-corrected chi connectivity index (χ3v) is 5.23. The van der Waals surface area contributed by atoms with Crippen LogP contribution in [0.15, 0.2) is 0 Å². The molecule has 0 radical (unpaired) electrons. The van der Waals surface area contributed by atoms with Gasteiger partial charge in [0, 0.05) is 25.4 Å². The molecule has 1 amide bonds. The fraction of sp³-hybridized carbons (Fsp3) is 0.933. The quantitative estimate of drug-likeness (QED) is 0.811. The van der Waals surface area contributed by atoms with E-state index in [-0.39, 0.29) is 0 Å². The Hall–Kier alpha value is -0.260. The second-order valence-corrected chi connectivity index (χ2v) is 6.94. The number of hydrogen-bond donors (Lipinski definition) is 1. The van der Waals surface area contributed by atoms with E-state index in [0.29, 0.717) is 23.7 Å². The first-order valence-corrected chi connectivity index (χ1v) is 9.06. The molecule has 4 nitrogen and oxygen atoms in total. The van der Waals surface area contributed by atoms with Gasteiger partial charge < -0.3 is 15.0 Å². The summed E-state index contributed by atoms with van der Waals surface area (Å²) in [4.78, 5) is 14.3. The maximum atomic E-state index is 12.2. The first-order chi connectivity index (χ1) is 9.79. The fourth-order valence-corrected chi connectivity index (χ4v) is 4.06. The minimum Gasteiger partial charge on any atom is -0.377 e. The zero-order valence-corrected chi connectivity index (χ0v) is 13.4. The lowest BCUT2D eigenvalue weighted by atomic mass is 9.98. The van der Waals surface area contributed by atoms with E-state index in [0.717, 1.165) is 44.8 Å². The molecule has 0 aromatic heterocycles. The van der Waals surface area contributed by atoms with Crippen LogP contribution in [0.3, 0.4) is 0 Å². The number of hydrogen-bond acceptors (Lipinski definition) is 4. The van der Waals surface area contributed by atoms with Crippen LogP contribution < -0.4 is 5.32 Å². The number of carbonyl (C=O) groups excluding carboxylic acids is 1. The normalized spacial score (nSPS) is 27.6. The second kappa shape index (κ2) is 8.90. The summed E-state index contributed by atoms with van der Waals surface area (Å²) in [5.41, 5.74) is 0. The van der Waals surface area contributed by atoms with Gasteiger partial charge in [0.05, 0.1) is 11.9 Å². The number of amides is 1. The van der Waals surface area contributed by atoms with Crippen molar-refractivity contribution < 1.29 is 9.53 Å². The molecule has 2 rings (SSSR count). The molecule has 1 N–H and O–H groups in total. The maximum Gasteiger partial charge on any atom is 0.232 e. The molecule has 2 atom stereocenters. The first kappa shape index (κ1) is 16.1. The van der Waals surface area contributed by atoms with Crippen LogP contribution in [-0.4, -0.2) is 61.7 Å². The van der Waals surface area contributed by atoms with Gasteiger partial charge in [-0.15, -0.1) is 11.8 Å². The van der Waals surface area contributed by atoms with Crippen LogP contribution in [0.4, 0.5) is 0 Å². The summed E-state index contributed by atoms with van der Waals surface area (Å²) >= 11 is 1.74. The zero-order chi connectivity index (χ0) is 14.2. The fourth-order valence-electron chi connectivity index (χ4n) is 3.05. The highest BCUT2D eigenvalue weighted by atomic mass is 32.2. The van der Waals surface area contributed by atoms with Crippen LogP contribution in [0, 0.1) is 5.92 Å². The number of nitrogens with one attached hydrogen (secondary N) is 1. The average Bonchev–Trinajstić information content (AvgIpc) is 2.49. The summed E-state index contributed by atoms with van der Waals surface area (Å²) in [5.74, 6) is 2.53. The first-order valence-electron chi connectivity index (χ1n) is 7.91. The molecular weight excluding hydrogens is 272 g/mol. The lowest BCUT2D eigenvalue weighted by Crippen LogP contribution is -2.43. The van der Waals surface area contributed by atoms with E-state index in [1.165, 1.54) is 19.3 Å². The van der Waals surface area contributed by atoms with Gasteiger partial charge in [0.15, 0.2) is 0 Å². The van der Waals surface area contributed by atoms with Gasteiger partial charge in [0.2, 0.25) is 5.91 Å². The topological polar surface area (TPSA) is 41.6 Å². The van der Waals surface area contributed by atoms with Gasteiger partial charge in [-0.2, -0.15) is 0 Å². The average molecular weight is 300 g/mol. The van der Waals surface area contributed by atoms with Gasteiger partial charge in [0.25, 0.3) is 0 Å². The van der Waals surface area contributed by atoms with E-state index in [1.807, 2.05) is 7.05 Å². The lowest BCUT2D eigenvalue weighted by Gasteiger charge is -2.33. The van der Waals surface area contributed by atoms with E-state index >= 15 is 0 Å². The molecule has 2 fully saturated rings. The van der Waals surface area contributed by atoms with Crippen LogP contribution in [-0.2, 0) is 9.53 Å². The third kappa shape index (κ3) is 5.26. The Morgan fingerprint density at radius 2 is 2.25 bits per heavy atom. The van der Waals surface area contributed by atoms with Crippen LogP contribution >= 0.6 is 11.8 Å². The van der Waals surface area contributed by atoms with Crippen molar-refractivity contribution in [3.63, 3.8) is 0 Å². The van der Waals surface area contributed by atoms with Gasteiger partial charge in [0.1, 0.15) is 0 Å². The van der Waals surface area contributed by atoms with Crippen molar-refractivity contribution in [2.75, 3.05) is 44.8 Å². The number of rotatable bonds is 6. The highest BCUT2D eigenvalue weighted by Gasteiger charge is 2.23. The molecule has 116 valence electrons. The standard InChI is InChI=1S/C15H28N2O2S/c1-16-9-13-5-4-7-17(10-13)15(18)12-20-11-14-6-2-3-8-19-14/h13-14,16H,2-12H2,1H3. The molecule has 2 aliphatic rings. The molecule has 0 aliphatic carbocycles. The van der Waals surface area contributed by atoms with Crippen molar-refractivity contribution in [2.45, 2.75) is 38.2 Å². The van der Waals surface area contributed by atoms with E-state index in [2.05, 4.69) is 10.2 Å². The Morgan fingerprint density at radius 3 is 3.00 bits per heavy atom. The van der Waals surface area contributed by atoms with Crippen molar-refractivity contribution in [2.24, 2.45) is 5.92 Å². The smallest absolute Gasteiger partial charge is 0.232 e. The van der Waals surface area contributed by atoms with E-state index in [4.69, 9.17) is 4.74 Å². The Bertz CT molecular complexity index is 294. The van der Waals surface area contributed by atoms with Gasteiger partial charge in [-0.05, 0) is 51.6 Å². The summed E-state index contributed by atoms with van der Waals surface area (Å²) in [6, 6.07) is 0. The van der Waals surface area contributed by atoms with E-state index < -0.39 is 0 Å². The number of ether oxygens (including phenoxy) is 1. The number of carbonyl (C=O) groups is 1. The lowest BCUT2D eigenvalue weighted by molar-refractivity contribution is -0.130. The molecule has 2 heterocycles. The summed E-state index contributed by atoms with van der Waals surface area (Å²) in [6.45, 7) is 3.80. The molecule has 0 aromatic carbocycles. The van der Waals surface area contributed by atoms with Crippen LogP contribution in [0.5, 0.6) is 0 Å². The summed E-state index contributed by atoms with van der Waals surface area (Å²) < 4.78 is 5.70. The molecule has 0 saturated carbocycles. The molecule has 2 saturated heterocycles. The molecule has 5 heteroatoms. The highest BCUT2D eigenvalue weighted by molar-refractivity contribution is 7.99. The Kier molecular flexibility index (Phi) is 7.17. The van der Waals surface area contributed by atoms with Crippen molar-refractivity contribution >= 4 is 17.7 Å². The minimum absolute atomic E-state index is 0.312. The number of piperidine rings is 1. The summed E-state index contributed by atoms with van der Waals surface area (Å²) in [6.07, 6.45) is 6.40. The number of thioether (sulfide) groups is 1. The zero-order valence-electron chi connectivity index (χ0n) is 12.6. The van der Waals surface area contributed by atoms with E-state index in [1.54, 1.807) is 11.8 Å². The van der Waals surface area contributed by atoms with Crippen molar-refractivity contribution in [1.29, 1.82) is 0 Å². The minimum atomic E-state index is 0.312. The van der Waals surface area contributed by atoms with Gasteiger partial charge in [-0.3, -0.25) is 4.79 Å². The predicted molar refractivity (Wildman–Crippen MR) is 84.1 cm³/mol.